The number of hydrogen-bond acceptors (Lipinski definition) is 8. The Bertz CT molecular complexity index is 1960. The molecule has 0 saturated heterocycles. The van der Waals surface area contributed by atoms with Crippen molar-refractivity contribution in [3.63, 3.8) is 0 Å². The summed E-state index contributed by atoms with van der Waals surface area (Å²) in [6.45, 7) is 5.74. The van der Waals surface area contributed by atoms with Crippen molar-refractivity contribution < 1.29 is 32.2 Å². The van der Waals surface area contributed by atoms with Gasteiger partial charge in [0.1, 0.15) is 47.2 Å². The van der Waals surface area contributed by atoms with Crippen LogP contribution in [-0.2, 0) is 29.0 Å². The van der Waals surface area contributed by atoms with Gasteiger partial charge in [-0.15, -0.1) is 0 Å². The Hall–Kier alpha value is -5.28. The maximum Gasteiger partial charge on any atom is 0.338 e. The number of nitrogens with zero attached hydrogens (tertiary/aromatic N) is 5. The average molecular weight is 630 g/mol. The first-order chi connectivity index (χ1) is 22.0. The van der Waals surface area contributed by atoms with Crippen LogP contribution in [0.2, 0.25) is 0 Å². The SMILES string of the molecule is COCCn1c(Cc2cc(F)c(-c3cccc(OCc4ncc(C#N)cc4F)n3)cc2F)nc2ccc(C(=O)OC(C)(C)C)cc21. The van der Waals surface area contributed by atoms with Crippen LogP contribution in [0, 0.1) is 28.8 Å². The molecule has 236 valence electrons. The third kappa shape index (κ3) is 7.33. The zero-order valence-electron chi connectivity index (χ0n) is 25.6. The number of benzene rings is 2. The third-order valence-corrected chi connectivity index (χ3v) is 6.87. The largest absolute Gasteiger partial charge is 0.471 e. The Morgan fingerprint density at radius 1 is 1.00 bits per heavy atom. The lowest BCUT2D eigenvalue weighted by molar-refractivity contribution is 0.00696. The van der Waals surface area contributed by atoms with Crippen molar-refractivity contribution in [2.45, 2.75) is 45.9 Å². The van der Waals surface area contributed by atoms with Gasteiger partial charge in [-0.05, 0) is 68.8 Å². The number of hydrogen-bond donors (Lipinski definition) is 0. The van der Waals surface area contributed by atoms with Gasteiger partial charge in [-0.2, -0.15) is 5.26 Å². The second-order valence-corrected chi connectivity index (χ2v) is 11.4. The number of pyridine rings is 2. The van der Waals surface area contributed by atoms with E-state index >= 15 is 8.78 Å². The molecule has 0 amide bonds. The maximum atomic E-state index is 15.5. The van der Waals surface area contributed by atoms with E-state index in [1.54, 1.807) is 58.2 Å². The highest BCUT2D eigenvalue weighted by molar-refractivity contribution is 5.94. The van der Waals surface area contributed by atoms with E-state index in [0.717, 1.165) is 18.2 Å². The van der Waals surface area contributed by atoms with Crippen LogP contribution < -0.4 is 4.74 Å². The number of rotatable bonds is 10. The predicted octanol–water partition coefficient (Wildman–Crippen LogP) is 6.55. The second-order valence-electron chi connectivity index (χ2n) is 11.4. The van der Waals surface area contributed by atoms with Crippen LogP contribution in [-0.4, -0.2) is 44.8 Å². The van der Waals surface area contributed by atoms with Gasteiger partial charge < -0.3 is 18.8 Å². The number of nitriles is 1. The molecular weight excluding hydrogens is 599 g/mol. The van der Waals surface area contributed by atoms with Crippen molar-refractivity contribution in [3.05, 3.63) is 106 Å². The number of ether oxygens (including phenoxy) is 3. The van der Waals surface area contributed by atoms with Crippen molar-refractivity contribution >= 4 is 17.0 Å². The van der Waals surface area contributed by atoms with Crippen LogP contribution in [0.25, 0.3) is 22.3 Å². The minimum atomic E-state index is -0.715. The Labute approximate surface area is 263 Å². The normalized spacial score (nSPS) is 11.4. The van der Waals surface area contributed by atoms with Crippen LogP contribution in [0.4, 0.5) is 13.2 Å². The van der Waals surface area contributed by atoms with Gasteiger partial charge in [0.05, 0.1) is 34.5 Å². The topological polar surface area (TPSA) is 112 Å². The molecule has 0 bridgehead atoms. The second kappa shape index (κ2) is 13.4. The Morgan fingerprint density at radius 3 is 2.52 bits per heavy atom. The molecule has 5 rings (SSSR count). The summed E-state index contributed by atoms with van der Waals surface area (Å²) < 4.78 is 63.3. The summed E-state index contributed by atoms with van der Waals surface area (Å²) in [5.74, 6) is -2.08. The van der Waals surface area contributed by atoms with Gasteiger partial charge in [-0.1, -0.05) is 6.07 Å². The van der Waals surface area contributed by atoms with Crippen molar-refractivity contribution in [2.24, 2.45) is 0 Å². The number of halogens is 3. The number of carbonyl (C=O) groups is 1. The summed E-state index contributed by atoms with van der Waals surface area (Å²) in [5.41, 5.74) is 0.988. The van der Waals surface area contributed by atoms with Crippen LogP contribution in [0.5, 0.6) is 5.88 Å². The van der Waals surface area contributed by atoms with Crippen molar-refractivity contribution in [2.75, 3.05) is 13.7 Å². The first kappa shape index (κ1) is 32.1. The minimum absolute atomic E-state index is 0.0367. The highest BCUT2D eigenvalue weighted by Crippen LogP contribution is 2.28. The van der Waals surface area contributed by atoms with Crippen molar-refractivity contribution in [1.82, 2.24) is 19.5 Å². The summed E-state index contributed by atoms with van der Waals surface area (Å²) in [4.78, 5) is 25.5. The number of aromatic nitrogens is 4. The number of esters is 1. The fourth-order valence-corrected chi connectivity index (χ4v) is 4.71. The van der Waals surface area contributed by atoms with Gasteiger partial charge in [-0.25, -0.2) is 27.9 Å². The highest BCUT2D eigenvalue weighted by atomic mass is 19.1. The molecule has 0 spiro atoms. The van der Waals surface area contributed by atoms with Gasteiger partial charge in [0.15, 0.2) is 0 Å². The quantitative estimate of drug-likeness (QED) is 0.160. The fraction of sp³-hybridized carbons (Fsp3) is 0.265. The summed E-state index contributed by atoms with van der Waals surface area (Å²) in [6.07, 6.45) is 1.18. The lowest BCUT2D eigenvalue weighted by Gasteiger charge is -2.19. The number of fused-ring (bicyclic) bond motifs is 1. The van der Waals surface area contributed by atoms with Crippen LogP contribution >= 0.6 is 0 Å². The standard InChI is InChI=1S/C34H30F3N5O4/c1-34(2,3)46-33(43)21-8-9-28-30(14-21)42(10-11-44-4)31(40-28)15-22-13-25(36)23(16-24(22)35)27-6-5-7-32(41-27)45-19-29-26(37)12-20(17-38)18-39-29/h5-9,12-14,16,18H,10-11,15,19H2,1-4H3. The smallest absolute Gasteiger partial charge is 0.338 e. The van der Waals surface area contributed by atoms with Gasteiger partial charge in [-0.3, -0.25) is 4.98 Å². The minimum Gasteiger partial charge on any atom is -0.471 e. The summed E-state index contributed by atoms with van der Waals surface area (Å²) >= 11 is 0. The molecule has 3 heterocycles. The molecule has 0 unspecified atom stereocenters. The van der Waals surface area contributed by atoms with Gasteiger partial charge in [0.2, 0.25) is 5.88 Å². The van der Waals surface area contributed by atoms with E-state index in [1.165, 1.54) is 18.3 Å². The highest BCUT2D eigenvalue weighted by Gasteiger charge is 2.21. The first-order valence-corrected chi connectivity index (χ1v) is 14.3. The lowest BCUT2D eigenvalue weighted by atomic mass is 10.0. The number of carbonyl (C=O) groups excluding carboxylic acids is 1. The molecular formula is C34H30F3N5O4. The number of imidazole rings is 1. The molecule has 0 aliphatic rings. The fourth-order valence-electron chi connectivity index (χ4n) is 4.71. The molecule has 46 heavy (non-hydrogen) atoms. The molecule has 0 radical (unpaired) electrons. The van der Waals surface area contributed by atoms with E-state index < -0.39 is 29.0 Å². The van der Waals surface area contributed by atoms with Gasteiger partial charge in [0, 0.05) is 37.9 Å². The lowest BCUT2D eigenvalue weighted by Crippen LogP contribution is -2.23. The predicted molar refractivity (Wildman–Crippen MR) is 162 cm³/mol. The molecule has 0 aliphatic heterocycles. The molecule has 0 fully saturated rings. The summed E-state index contributed by atoms with van der Waals surface area (Å²) in [7, 11) is 1.55. The maximum absolute atomic E-state index is 15.5. The van der Waals surface area contributed by atoms with E-state index in [0.29, 0.717) is 35.6 Å². The van der Waals surface area contributed by atoms with Gasteiger partial charge in [0.25, 0.3) is 0 Å². The molecule has 5 aromatic rings. The van der Waals surface area contributed by atoms with Crippen LogP contribution in [0.1, 0.15) is 53.8 Å². The zero-order chi connectivity index (χ0) is 33.0. The van der Waals surface area contributed by atoms with Crippen molar-refractivity contribution in [3.8, 4) is 23.2 Å². The molecule has 12 heteroatoms. The monoisotopic (exact) mass is 629 g/mol. The van der Waals surface area contributed by atoms with Crippen LogP contribution in [0.15, 0.2) is 60.8 Å². The molecule has 3 aromatic heterocycles. The molecule has 9 nitrogen and oxygen atoms in total. The molecule has 0 saturated carbocycles. The van der Waals surface area contributed by atoms with Crippen LogP contribution in [0.3, 0.4) is 0 Å². The van der Waals surface area contributed by atoms with E-state index in [9.17, 15) is 9.18 Å². The number of methoxy groups -OCH3 is 1. The average Bonchev–Trinajstić information content (AvgIpc) is 3.36. The summed E-state index contributed by atoms with van der Waals surface area (Å²) in [6, 6.07) is 14.5. The zero-order valence-corrected chi connectivity index (χ0v) is 25.6. The molecule has 2 aromatic carbocycles. The molecule has 0 N–H and O–H groups in total. The Morgan fingerprint density at radius 2 is 1.80 bits per heavy atom. The Balaban J connectivity index is 1.40. The third-order valence-electron chi connectivity index (χ3n) is 6.87. The van der Waals surface area contributed by atoms with E-state index in [4.69, 9.17) is 19.5 Å². The summed E-state index contributed by atoms with van der Waals surface area (Å²) in [5, 5.41) is 8.88. The molecule has 0 aliphatic carbocycles. The van der Waals surface area contributed by atoms with E-state index in [-0.39, 0.29) is 47.0 Å². The van der Waals surface area contributed by atoms with E-state index in [1.807, 2.05) is 4.57 Å². The first-order valence-electron chi connectivity index (χ1n) is 14.3. The van der Waals surface area contributed by atoms with Gasteiger partial charge >= 0.3 is 5.97 Å². The Kier molecular flexibility index (Phi) is 9.34. The van der Waals surface area contributed by atoms with Crippen molar-refractivity contribution in [1.29, 1.82) is 5.26 Å². The van der Waals surface area contributed by atoms with E-state index in [2.05, 4.69) is 15.0 Å². The molecule has 0 atom stereocenters.